The van der Waals surface area contributed by atoms with Crippen LogP contribution < -0.4 is 5.32 Å². The number of thioether (sulfide) groups is 1. The van der Waals surface area contributed by atoms with E-state index in [0.717, 1.165) is 11.4 Å². The number of hydrogen-bond donors (Lipinski definition) is 2. The Morgan fingerprint density at radius 3 is 2.94 bits per heavy atom. The van der Waals surface area contributed by atoms with Gasteiger partial charge >= 0.3 is 5.97 Å². The number of carbonyl (C=O) groups is 2. The first kappa shape index (κ1) is 14.6. The molecule has 18 heavy (non-hydrogen) atoms. The van der Waals surface area contributed by atoms with Crippen LogP contribution in [0.5, 0.6) is 0 Å². The number of methoxy groups -OCH3 is 1. The lowest BCUT2D eigenvalue weighted by molar-refractivity contribution is -0.145. The molecule has 0 aliphatic carbocycles. The summed E-state index contributed by atoms with van der Waals surface area (Å²) in [5.74, 6) is 0.116. The molecular weight excluding hydrogens is 254 g/mol. The van der Waals surface area contributed by atoms with Crippen LogP contribution in [0.2, 0.25) is 0 Å². The van der Waals surface area contributed by atoms with Crippen molar-refractivity contribution in [2.45, 2.75) is 18.9 Å². The summed E-state index contributed by atoms with van der Waals surface area (Å²) in [6.07, 6.45) is 5.80. The molecule has 100 valence electrons. The van der Waals surface area contributed by atoms with E-state index in [4.69, 9.17) is 0 Å². The number of nitrogens with one attached hydrogen (secondary N) is 2. The van der Waals surface area contributed by atoms with E-state index in [0.29, 0.717) is 12.8 Å². The molecule has 0 radical (unpaired) electrons. The maximum Gasteiger partial charge on any atom is 0.328 e. The van der Waals surface area contributed by atoms with Gasteiger partial charge in [-0.05, 0) is 6.26 Å². The molecule has 0 aromatic carbocycles. The molecule has 0 aliphatic rings. The first-order chi connectivity index (χ1) is 8.67. The number of aromatic nitrogens is 2. The van der Waals surface area contributed by atoms with Gasteiger partial charge in [-0.3, -0.25) is 4.79 Å². The van der Waals surface area contributed by atoms with Gasteiger partial charge in [0.05, 0.1) is 13.4 Å². The van der Waals surface area contributed by atoms with Crippen molar-refractivity contribution in [3.63, 3.8) is 0 Å². The average molecular weight is 271 g/mol. The Balaban J connectivity index is 2.55. The van der Waals surface area contributed by atoms with E-state index in [9.17, 15) is 9.59 Å². The Hall–Kier alpha value is -1.50. The van der Waals surface area contributed by atoms with E-state index in [-0.39, 0.29) is 5.91 Å². The van der Waals surface area contributed by atoms with Gasteiger partial charge in [0.1, 0.15) is 6.04 Å². The standard InChI is InChI=1S/C11H17N3O3S/c1-17-11(16)9(5-8-6-12-7-13-8)14-10(15)3-4-18-2/h6-7,9H,3-5H2,1-2H3,(H,12,13)(H,14,15)/t9-/m0/s1. The number of rotatable bonds is 7. The van der Waals surface area contributed by atoms with Gasteiger partial charge in [0.2, 0.25) is 5.91 Å². The Labute approximate surface area is 110 Å². The van der Waals surface area contributed by atoms with Crippen LogP contribution in [0.4, 0.5) is 0 Å². The maximum atomic E-state index is 11.6. The van der Waals surface area contributed by atoms with E-state index in [1.54, 1.807) is 18.0 Å². The number of H-pyrrole nitrogens is 1. The fourth-order valence-electron chi connectivity index (χ4n) is 1.41. The van der Waals surface area contributed by atoms with Crippen LogP contribution in [0.15, 0.2) is 12.5 Å². The highest BCUT2D eigenvalue weighted by molar-refractivity contribution is 7.98. The highest BCUT2D eigenvalue weighted by Crippen LogP contribution is 2.02. The van der Waals surface area contributed by atoms with Crippen molar-refractivity contribution in [2.75, 3.05) is 19.1 Å². The van der Waals surface area contributed by atoms with Crippen LogP contribution in [0.3, 0.4) is 0 Å². The van der Waals surface area contributed by atoms with Gasteiger partial charge < -0.3 is 15.0 Å². The summed E-state index contributed by atoms with van der Waals surface area (Å²) in [6, 6.07) is -0.676. The second kappa shape index (κ2) is 7.75. The number of esters is 1. The van der Waals surface area contributed by atoms with Crippen LogP contribution in [0.1, 0.15) is 12.1 Å². The van der Waals surface area contributed by atoms with E-state index in [2.05, 4.69) is 20.0 Å². The summed E-state index contributed by atoms with van der Waals surface area (Å²) >= 11 is 1.58. The predicted octanol–water partition coefficient (Wildman–Crippen LogP) is 0.363. The number of hydrogen-bond acceptors (Lipinski definition) is 5. The lowest BCUT2D eigenvalue weighted by Gasteiger charge is -2.15. The molecule has 0 fully saturated rings. The normalized spacial score (nSPS) is 11.9. The molecule has 0 unspecified atom stereocenters. The minimum atomic E-state index is -0.676. The molecule has 1 atom stereocenters. The highest BCUT2D eigenvalue weighted by Gasteiger charge is 2.22. The Morgan fingerprint density at radius 2 is 2.39 bits per heavy atom. The van der Waals surface area contributed by atoms with Gasteiger partial charge in [0.15, 0.2) is 0 Å². The Kier molecular flexibility index (Phi) is 6.27. The Morgan fingerprint density at radius 1 is 1.61 bits per heavy atom. The summed E-state index contributed by atoms with van der Waals surface area (Å²) in [6.45, 7) is 0. The molecule has 0 saturated heterocycles. The third-order valence-electron chi connectivity index (χ3n) is 2.33. The van der Waals surface area contributed by atoms with Crippen molar-refractivity contribution in [3.8, 4) is 0 Å². The molecule has 1 amide bonds. The molecular formula is C11H17N3O3S. The lowest BCUT2D eigenvalue weighted by Crippen LogP contribution is -2.43. The van der Waals surface area contributed by atoms with Crippen molar-refractivity contribution in [3.05, 3.63) is 18.2 Å². The van der Waals surface area contributed by atoms with Gasteiger partial charge in [-0.15, -0.1) is 0 Å². The minimum absolute atomic E-state index is 0.153. The molecule has 0 aliphatic heterocycles. The van der Waals surface area contributed by atoms with E-state index in [1.165, 1.54) is 13.4 Å². The van der Waals surface area contributed by atoms with Crippen LogP contribution in [0.25, 0.3) is 0 Å². The zero-order chi connectivity index (χ0) is 13.4. The van der Waals surface area contributed by atoms with Crippen molar-refractivity contribution in [1.29, 1.82) is 0 Å². The molecule has 2 N–H and O–H groups in total. The maximum absolute atomic E-state index is 11.6. The van der Waals surface area contributed by atoms with Gasteiger partial charge in [-0.1, -0.05) is 0 Å². The van der Waals surface area contributed by atoms with Crippen molar-refractivity contribution >= 4 is 23.6 Å². The first-order valence-corrected chi connectivity index (χ1v) is 6.90. The quantitative estimate of drug-likeness (QED) is 0.700. The zero-order valence-electron chi connectivity index (χ0n) is 10.4. The summed E-state index contributed by atoms with van der Waals surface area (Å²) in [5.41, 5.74) is 0.774. The van der Waals surface area contributed by atoms with E-state index >= 15 is 0 Å². The summed E-state index contributed by atoms with van der Waals surface area (Å²) in [5, 5.41) is 2.67. The van der Waals surface area contributed by atoms with Crippen LogP contribution in [0, 0.1) is 0 Å². The largest absolute Gasteiger partial charge is 0.467 e. The van der Waals surface area contributed by atoms with Gasteiger partial charge in [0.25, 0.3) is 0 Å². The van der Waals surface area contributed by atoms with Crippen molar-refractivity contribution in [1.82, 2.24) is 15.3 Å². The molecule has 7 heteroatoms. The highest BCUT2D eigenvalue weighted by atomic mass is 32.2. The second-order valence-corrected chi connectivity index (χ2v) is 4.65. The fourth-order valence-corrected chi connectivity index (χ4v) is 1.80. The SMILES string of the molecule is COC(=O)[C@H](Cc1cnc[nH]1)NC(=O)CCSC. The topological polar surface area (TPSA) is 84.1 Å². The molecule has 0 spiro atoms. The van der Waals surface area contributed by atoms with Crippen LogP contribution >= 0.6 is 11.8 Å². The molecule has 1 rings (SSSR count). The summed E-state index contributed by atoms with van der Waals surface area (Å²) in [4.78, 5) is 29.9. The number of imidazole rings is 1. The first-order valence-electron chi connectivity index (χ1n) is 5.50. The predicted molar refractivity (Wildman–Crippen MR) is 69.2 cm³/mol. The number of carbonyl (C=O) groups excluding carboxylic acids is 2. The third kappa shape index (κ3) is 4.79. The molecule has 6 nitrogen and oxygen atoms in total. The zero-order valence-corrected chi connectivity index (χ0v) is 11.3. The molecule has 0 saturated carbocycles. The molecule has 1 aromatic heterocycles. The molecule has 0 bridgehead atoms. The van der Waals surface area contributed by atoms with E-state index in [1.807, 2.05) is 6.26 Å². The number of amides is 1. The monoisotopic (exact) mass is 271 g/mol. The van der Waals surface area contributed by atoms with Gasteiger partial charge in [0, 0.05) is 30.5 Å². The Bertz CT molecular complexity index is 381. The second-order valence-electron chi connectivity index (χ2n) is 3.67. The smallest absolute Gasteiger partial charge is 0.328 e. The van der Waals surface area contributed by atoms with Gasteiger partial charge in [-0.25, -0.2) is 9.78 Å². The number of nitrogens with zero attached hydrogens (tertiary/aromatic N) is 1. The van der Waals surface area contributed by atoms with Crippen LogP contribution in [-0.4, -0.2) is 47.0 Å². The van der Waals surface area contributed by atoms with Gasteiger partial charge in [-0.2, -0.15) is 11.8 Å². The van der Waals surface area contributed by atoms with E-state index < -0.39 is 12.0 Å². The average Bonchev–Trinajstić information content (AvgIpc) is 2.87. The fraction of sp³-hybridized carbons (Fsp3) is 0.545. The summed E-state index contributed by atoms with van der Waals surface area (Å²) in [7, 11) is 1.30. The number of ether oxygens (including phenoxy) is 1. The number of aromatic amines is 1. The molecule has 1 heterocycles. The van der Waals surface area contributed by atoms with Crippen molar-refractivity contribution in [2.24, 2.45) is 0 Å². The van der Waals surface area contributed by atoms with Crippen LogP contribution in [-0.2, 0) is 20.7 Å². The summed E-state index contributed by atoms with van der Waals surface area (Å²) < 4.78 is 4.67. The van der Waals surface area contributed by atoms with Crippen molar-refractivity contribution < 1.29 is 14.3 Å². The third-order valence-corrected chi connectivity index (χ3v) is 2.95. The lowest BCUT2D eigenvalue weighted by atomic mass is 10.1. The minimum Gasteiger partial charge on any atom is -0.467 e. The molecule has 1 aromatic rings.